The third-order valence-electron chi connectivity index (χ3n) is 4.36. The molecule has 0 unspecified atom stereocenters. The first kappa shape index (κ1) is 15.8. The lowest BCUT2D eigenvalue weighted by Crippen LogP contribution is -2.44. The van der Waals surface area contributed by atoms with Crippen molar-refractivity contribution in [2.45, 2.75) is 13.0 Å². The normalized spacial score (nSPS) is 19.6. The molecule has 1 saturated heterocycles. The van der Waals surface area contributed by atoms with Crippen LogP contribution in [0.1, 0.15) is 23.2 Å². The minimum absolute atomic E-state index is 0.0181. The molecule has 1 aromatic heterocycles. The Morgan fingerprint density at radius 3 is 3.04 bits per heavy atom. The number of benzene rings is 1. The van der Waals surface area contributed by atoms with Crippen molar-refractivity contribution in [1.29, 1.82) is 0 Å². The quantitative estimate of drug-likeness (QED) is 0.840. The molecule has 0 bridgehead atoms. The van der Waals surface area contributed by atoms with E-state index in [1.54, 1.807) is 11.1 Å². The fourth-order valence-corrected chi connectivity index (χ4v) is 3.06. The maximum absolute atomic E-state index is 12.9. The number of aromatic nitrogens is 2. The number of aryl methyl sites for hydroxylation is 1. The molecule has 2 aliphatic rings. The van der Waals surface area contributed by atoms with Crippen LogP contribution in [0.2, 0.25) is 0 Å². The second kappa shape index (κ2) is 6.64. The molecule has 2 aliphatic heterocycles. The first-order chi connectivity index (χ1) is 12.2. The molecule has 6 heteroatoms. The highest BCUT2D eigenvalue weighted by Gasteiger charge is 2.29. The SMILES string of the molecule is Cc1ccnc([C@H]2CN(C(=O)C3=Cc4ccccc4OC3)CCO2)n1. The molecule has 3 heterocycles. The summed E-state index contributed by atoms with van der Waals surface area (Å²) in [5.74, 6) is 1.42. The van der Waals surface area contributed by atoms with Crippen molar-refractivity contribution in [2.75, 3.05) is 26.3 Å². The zero-order valence-electron chi connectivity index (χ0n) is 14.0. The monoisotopic (exact) mass is 337 g/mol. The lowest BCUT2D eigenvalue weighted by molar-refractivity contribution is -0.135. The smallest absolute Gasteiger partial charge is 0.253 e. The number of hydrogen-bond donors (Lipinski definition) is 0. The van der Waals surface area contributed by atoms with Gasteiger partial charge in [-0.05, 0) is 25.1 Å². The molecule has 128 valence electrons. The molecule has 25 heavy (non-hydrogen) atoms. The average Bonchev–Trinajstić information content (AvgIpc) is 2.67. The zero-order valence-corrected chi connectivity index (χ0v) is 14.0. The van der Waals surface area contributed by atoms with Crippen LogP contribution in [0, 0.1) is 6.92 Å². The molecule has 0 aliphatic carbocycles. The van der Waals surface area contributed by atoms with Gasteiger partial charge in [-0.2, -0.15) is 0 Å². The van der Waals surface area contributed by atoms with Gasteiger partial charge in [-0.3, -0.25) is 4.79 Å². The number of rotatable bonds is 2. The van der Waals surface area contributed by atoms with E-state index in [1.807, 2.05) is 43.3 Å². The highest BCUT2D eigenvalue weighted by Crippen LogP contribution is 2.27. The second-order valence-electron chi connectivity index (χ2n) is 6.16. The number of hydrogen-bond acceptors (Lipinski definition) is 5. The van der Waals surface area contributed by atoms with E-state index < -0.39 is 0 Å². The number of carbonyl (C=O) groups excluding carboxylic acids is 1. The van der Waals surface area contributed by atoms with Crippen LogP contribution in [-0.4, -0.2) is 47.1 Å². The van der Waals surface area contributed by atoms with Gasteiger partial charge < -0.3 is 14.4 Å². The van der Waals surface area contributed by atoms with Gasteiger partial charge in [0.15, 0.2) is 5.82 Å². The van der Waals surface area contributed by atoms with Crippen LogP contribution in [-0.2, 0) is 9.53 Å². The summed E-state index contributed by atoms with van der Waals surface area (Å²) in [6.45, 7) is 3.68. The average molecular weight is 337 g/mol. The number of ether oxygens (including phenoxy) is 2. The largest absolute Gasteiger partial charge is 0.488 e. The van der Waals surface area contributed by atoms with Crippen molar-refractivity contribution in [3.05, 3.63) is 59.2 Å². The summed E-state index contributed by atoms with van der Waals surface area (Å²) in [6.07, 6.45) is 3.33. The summed E-state index contributed by atoms with van der Waals surface area (Å²) in [4.78, 5) is 23.4. The Morgan fingerprint density at radius 2 is 2.16 bits per heavy atom. The molecule has 1 fully saturated rings. The Bertz CT molecular complexity index is 834. The third kappa shape index (κ3) is 3.25. The van der Waals surface area contributed by atoms with E-state index in [0.717, 1.165) is 17.0 Å². The molecule has 0 saturated carbocycles. The summed E-state index contributed by atoms with van der Waals surface area (Å²) < 4.78 is 11.5. The van der Waals surface area contributed by atoms with Gasteiger partial charge >= 0.3 is 0 Å². The van der Waals surface area contributed by atoms with Crippen molar-refractivity contribution in [3.63, 3.8) is 0 Å². The van der Waals surface area contributed by atoms with Crippen molar-refractivity contribution in [3.8, 4) is 5.75 Å². The second-order valence-corrected chi connectivity index (χ2v) is 6.16. The summed E-state index contributed by atoms with van der Waals surface area (Å²) in [6, 6.07) is 9.56. The maximum Gasteiger partial charge on any atom is 0.253 e. The number of fused-ring (bicyclic) bond motifs is 1. The standard InChI is InChI=1S/C19H19N3O3/c1-13-6-7-20-18(21-13)17-11-22(8-9-24-17)19(23)15-10-14-4-2-3-5-16(14)25-12-15/h2-7,10,17H,8-9,11-12H2,1H3/t17-/m1/s1. The number of morpholine rings is 1. The number of nitrogens with zero attached hydrogens (tertiary/aromatic N) is 3. The lowest BCUT2D eigenvalue weighted by atomic mass is 10.1. The highest BCUT2D eigenvalue weighted by atomic mass is 16.5. The summed E-state index contributed by atoms with van der Waals surface area (Å²) in [7, 11) is 0. The van der Waals surface area contributed by atoms with Gasteiger partial charge in [0.1, 0.15) is 18.5 Å². The molecule has 1 aromatic carbocycles. The van der Waals surface area contributed by atoms with Crippen molar-refractivity contribution in [2.24, 2.45) is 0 Å². The first-order valence-corrected chi connectivity index (χ1v) is 8.33. The van der Waals surface area contributed by atoms with E-state index in [4.69, 9.17) is 9.47 Å². The van der Waals surface area contributed by atoms with Gasteiger partial charge in [-0.25, -0.2) is 9.97 Å². The molecule has 1 amide bonds. The van der Waals surface area contributed by atoms with Gasteiger partial charge in [0.2, 0.25) is 0 Å². The maximum atomic E-state index is 12.9. The minimum Gasteiger partial charge on any atom is -0.488 e. The van der Waals surface area contributed by atoms with Gasteiger partial charge in [0.25, 0.3) is 5.91 Å². The van der Waals surface area contributed by atoms with Gasteiger partial charge in [-0.15, -0.1) is 0 Å². The predicted molar refractivity (Wildman–Crippen MR) is 92.0 cm³/mol. The number of amides is 1. The molecule has 0 radical (unpaired) electrons. The zero-order chi connectivity index (χ0) is 17.2. The number of carbonyl (C=O) groups is 1. The van der Waals surface area contributed by atoms with Crippen LogP contribution in [0.25, 0.3) is 6.08 Å². The third-order valence-corrected chi connectivity index (χ3v) is 4.36. The Balaban J connectivity index is 1.52. The highest BCUT2D eigenvalue weighted by molar-refractivity contribution is 5.99. The van der Waals surface area contributed by atoms with Crippen LogP contribution >= 0.6 is 0 Å². The van der Waals surface area contributed by atoms with Crippen LogP contribution in [0.4, 0.5) is 0 Å². The predicted octanol–water partition coefficient (Wildman–Crippen LogP) is 2.16. The Kier molecular flexibility index (Phi) is 4.19. The fraction of sp³-hybridized carbons (Fsp3) is 0.316. The van der Waals surface area contributed by atoms with Crippen molar-refractivity contribution in [1.82, 2.24) is 14.9 Å². The molecule has 0 spiro atoms. The summed E-state index contributed by atoms with van der Waals surface area (Å²) in [5, 5.41) is 0. The van der Waals surface area contributed by atoms with E-state index in [9.17, 15) is 4.79 Å². The molecule has 0 N–H and O–H groups in total. The molecule has 4 rings (SSSR count). The van der Waals surface area contributed by atoms with Crippen LogP contribution in [0.15, 0.2) is 42.1 Å². The van der Waals surface area contributed by atoms with E-state index >= 15 is 0 Å². The molecule has 2 aromatic rings. The van der Waals surface area contributed by atoms with Crippen LogP contribution in [0.5, 0.6) is 5.75 Å². The van der Waals surface area contributed by atoms with Crippen LogP contribution in [0.3, 0.4) is 0 Å². The van der Waals surface area contributed by atoms with E-state index in [1.165, 1.54) is 0 Å². The molecular weight excluding hydrogens is 318 g/mol. The van der Waals surface area contributed by atoms with Crippen molar-refractivity contribution >= 4 is 12.0 Å². The molecular formula is C19H19N3O3. The van der Waals surface area contributed by atoms with Crippen molar-refractivity contribution < 1.29 is 14.3 Å². The van der Waals surface area contributed by atoms with E-state index in [2.05, 4.69) is 9.97 Å². The van der Waals surface area contributed by atoms with E-state index in [0.29, 0.717) is 37.7 Å². The molecule has 6 nitrogen and oxygen atoms in total. The Labute approximate surface area is 146 Å². The number of para-hydroxylation sites is 1. The fourth-order valence-electron chi connectivity index (χ4n) is 3.06. The minimum atomic E-state index is -0.296. The summed E-state index contributed by atoms with van der Waals surface area (Å²) >= 11 is 0. The topological polar surface area (TPSA) is 64.6 Å². The van der Waals surface area contributed by atoms with Gasteiger partial charge in [-0.1, -0.05) is 18.2 Å². The Hall–Kier alpha value is -2.73. The molecule has 1 atom stereocenters. The first-order valence-electron chi connectivity index (χ1n) is 8.33. The lowest BCUT2D eigenvalue weighted by Gasteiger charge is -2.33. The van der Waals surface area contributed by atoms with E-state index in [-0.39, 0.29) is 12.0 Å². The van der Waals surface area contributed by atoms with Gasteiger partial charge in [0.05, 0.1) is 18.7 Å². The van der Waals surface area contributed by atoms with Crippen LogP contribution < -0.4 is 4.74 Å². The Morgan fingerprint density at radius 1 is 1.28 bits per heavy atom. The van der Waals surface area contributed by atoms with Gasteiger partial charge in [0, 0.05) is 24.0 Å². The summed E-state index contributed by atoms with van der Waals surface area (Å²) in [5.41, 5.74) is 2.48.